The van der Waals surface area contributed by atoms with Crippen LogP contribution in [-0.2, 0) is 10.1 Å². The molecule has 0 saturated carbocycles. The Hall–Kier alpha value is -3.82. The van der Waals surface area contributed by atoms with Gasteiger partial charge in [-0.3, -0.25) is 9.35 Å². The largest absolute Gasteiger partial charge is 0.354 e. The average Bonchev–Trinajstić information content (AvgIpc) is 2.72. The molecule has 0 amide bonds. The second-order valence-corrected chi connectivity index (χ2v) is 8.67. The normalized spacial score (nSPS) is 12.6. The summed E-state index contributed by atoms with van der Waals surface area (Å²) >= 11 is 0. The molecule has 9 heteroatoms. The second-order valence-electron chi connectivity index (χ2n) is 7.28. The molecule has 0 atom stereocenters. The quantitative estimate of drug-likeness (QED) is 0.372. The molecule has 31 heavy (non-hydrogen) atoms. The first-order valence-corrected chi connectivity index (χ1v) is 10.7. The minimum Gasteiger partial charge on any atom is -0.354 e. The van der Waals surface area contributed by atoms with Crippen molar-refractivity contribution in [2.45, 2.75) is 11.8 Å². The minimum atomic E-state index is -4.51. The van der Waals surface area contributed by atoms with Crippen LogP contribution in [0.5, 0.6) is 0 Å². The van der Waals surface area contributed by atoms with Crippen molar-refractivity contribution in [3.8, 4) is 11.3 Å². The lowest BCUT2D eigenvalue weighted by atomic mass is 9.86. The van der Waals surface area contributed by atoms with Gasteiger partial charge in [0.05, 0.1) is 28.1 Å². The van der Waals surface area contributed by atoms with Gasteiger partial charge in [0.1, 0.15) is 4.90 Å². The predicted octanol–water partition coefficient (Wildman–Crippen LogP) is 3.43. The van der Waals surface area contributed by atoms with Crippen molar-refractivity contribution in [2.24, 2.45) is 0 Å². The van der Waals surface area contributed by atoms with Crippen LogP contribution < -0.4 is 11.0 Å². The summed E-state index contributed by atoms with van der Waals surface area (Å²) in [6, 6.07) is 14.6. The highest BCUT2D eigenvalue weighted by Crippen LogP contribution is 2.41. The number of benzene rings is 3. The average molecular weight is 433 g/mol. The Morgan fingerprint density at radius 2 is 1.68 bits per heavy atom. The molecule has 0 radical (unpaired) electrons. The first-order chi connectivity index (χ1) is 14.7. The summed E-state index contributed by atoms with van der Waals surface area (Å²) in [6.45, 7) is 1.70. The number of aryl methyl sites for hydroxylation is 1. The van der Waals surface area contributed by atoms with Crippen molar-refractivity contribution in [1.82, 2.24) is 9.97 Å². The number of hydrogen-bond acceptors (Lipinski definition) is 6. The summed E-state index contributed by atoms with van der Waals surface area (Å²) < 4.78 is 33.4. The Balaban J connectivity index is 1.80. The van der Waals surface area contributed by atoms with Crippen molar-refractivity contribution in [3.63, 3.8) is 0 Å². The highest BCUT2D eigenvalue weighted by molar-refractivity contribution is 7.86. The summed E-state index contributed by atoms with van der Waals surface area (Å²) in [4.78, 5) is 31.9. The van der Waals surface area contributed by atoms with Gasteiger partial charge in [-0.1, -0.05) is 30.3 Å². The van der Waals surface area contributed by atoms with Crippen molar-refractivity contribution in [2.75, 3.05) is 5.32 Å². The van der Waals surface area contributed by atoms with E-state index in [-0.39, 0.29) is 21.9 Å². The van der Waals surface area contributed by atoms with Gasteiger partial charge >= 0.3 is 5.69 Å². The molecule has 1 aromatic heterocycles. The number of aromatic nitrogens is 2. The third kappa shape index (κ3) is 3.02. The topological polar surface area (TPSA) is 129 Å². The van der Waals surface area contributed by atoms with E-state index in [1.54, 1.807) is 49.4 Å². The molecule has 154 valence electrons. The van der Waals surface area contributed by atoms with Crippen LogP contribution in [-0.4, -0.2) is 28.7 Å². The Labute approximate surface area is 176 Å². The number of carbonyl (C=O) groups excluding carboxylic acids is 1. The fourth-order valence-electron chi connectivity index (χ4n) is 3.90. The zero-order chi connectivity index (χ0) is 21.9. The van der Waals surface area contributed by atoms with E-state index in [4.69, 9.17) is 0 Å². The van der Waals surface area contributed by atoms with Crippen molar-refractivity contribution in [1.29, 1.82) is 0 Å². The number of H-pyrrole nitrogens is 1. The molecule has 0 bridgehead atoms. The monoisotopic (exact) mass is 433 g/mol. The lowest BCUT2D eigenvalue weighted by molar-refractivity contribution is 0.104. The molecule has 0 unspecified atom stereocenters. The van der Waals surface area contributed by atoms with Crippen LogP contribution in [0, 0.1) is 6.92 Å². The molecule has 0 spiro atoms. The van der Waals surface area contributed by atoms with Crippen LogP contribution >= 0.6 is 0 Å². The summed E-state index contributed by atoms with van der Waals surface area (Å²) in [5, 5.41) is 3.44. The number of aromatic amines is 1. The molecule has 1 aliphatic rings. The zero-order valence-electron chi connectivity index (χ0n) is 16.1. The van der Waals surface area contributed by atoms with Crippen LogP contribution in [0.25, 0.3) is 22.2 Å². The lowest BCUT2D eigenvalue weighted by Gasteiger charge is -2.22. The van der Waals surface area contributed by atoms with Crippen molar-refractivity contribution in [3.05, 3.63) is 81.8 Å². The molecule has 3 aromatic carbocycles. The first-order valence-electron chi connectivity index (χ1n) is 9.30. The number of nitrogens with zero attached hydrogens (tertiary/aromatic N) is 1. The fourth-order valence-corrected chi connectivity index (χ4v) is 4.63. The Morgan fingerprint density at radius 1 is 0.968 bits per heavy atom. The van der Waals surface area contributed by atoms with Gasteiger partial charge in [-0.2, -0.15) is 13.4 Å². The Kier molecular flexibility index (Phi) is 4.07. The van der Waals surface area contributed by atoms with Crippen LogP contribution in [0.1, 0.15) is 21.5 Å². The summed E-state index contributed by atoms with van der Waals surface area (Å²) in [5.74, 6) is -0.287. The number of carbonyl (C=O) groups is 1. The van der Waals surface area contributed by atoms with Gasteiger partial charge in [-0.05, 0) is 36.8 Å². The molecular formula is C22H15N3O5S. The highest BCUT2D eigenvalue weighted by atomic mass is 32.2. The van der Waals surface area contributed by atoms with Gasteiger partial charge < -0.3 is 10.3 Å². The van der Waals surface area contributed by atoms with Crippen molar-refractivity contribution >= 4 is 38.2 Å². The van der Waals surface area contributed by atoms with E-state index < -0.39 is 15.8 Å². The second kappa shape index (κ2) is 6.59. The molecule has 1 aliphatic carbocycles. The van der Waals surface area contributed by atoms with Crippen molar-refractivity contribution < 1.29 is 17.8 Å². The first kappa shape index (κ1) is 19.2. The highest BCUT2D eigenvalue weighted by Gasteiger charge is 2.29. The molecular weight excluding hydrogens is 418 g/mol. The van der Waals surface area contributed by atoms with E-state index in [2.05, 4.69) is 15.3 Å². The van der Waals surface area contributed by atoms with Crippen LogP contribution in [0.4, 0.5) is 11.4 Å². The number of ketones is 1. The van der Waals surface area contributed by atoms with Gasteiger partial charge in [0.25, 0.3) is 10.1 Å². The van der Waals surface area contributed by atoms with Crippen LogP contribution in [0.15, 0.2) is 64.3 Å². The Morgan fingerprint density at radius 3 is 2.42 bits per heavy atom. The summed E-state index contributed by atoms with van der Waals surface area (Å²) in [5.41, 5.74) is 2.59. The SMILES string of the molecule is Cc1ccc(Nc2ccc3[nH]c(=O)nc4c3c2C(=O)c2ccccc2-4)c(S(=O)(=O)O)c1. The number of hydrogen-bond donors (Lipinski definition) is 3. The summed E-state index contributed by atoms with van der Waals surface area (Å²) in [7, 11) is -4.51. The molecule has 0 fully saturated rings. The molecule has 5 rings (SSSR count). The zero-order valence-corrected chi connectivity index (χ0v) is 16.9. The minimum absolute atomic E-state index is 0.120. The van der Waals surface area contributed by atoms with Gasteiger partial charge in [0.15, 0.2) is 5.78 Å². The maximum Gasteiger partial charge on any atom is 0.345 e. The van der Waals surface area contributed by atoms with E-state index in [9.17, 15) is 22.6 Å². The molecule has 8 nitrogen and oxygen atoms in total. The van der Waals surface area contributed by atoms with E-state index in [0.717, 1.165) is 0 Å². The van der Waals surface area contributed by atoms with Gasteiger partial charge in [-0.25, -0.2) is 4.79 Å². The fraction of sp³-hybridized carbons (Fsp3) is 0.0455. The third-order valence-corrected chi connectivity index (χ3v) is 6.13. The molecule has 0 saturated heterocycles. The van der Waals surface area contributed by atoms with Gasteiger partial charge in [-0.15, -0.1) is 0 Å². The number of fused-ring (bicyclic) bond motifs is 2. The van der Waals surface area contributed by atoms with Gasteiger partial charge in [0.2, 0.25) is 0 Å². The smallest absolute Gasteiger partial charge is 0.345 e. The number of nitrogens with one attached hydrogen (secondary N) is 2. The molecule has 1 heterocycles. The van der Waals surface area contributed by atoms with E-state index in [1.165, 1.54) is 12.1 Å². The lowest BCUT2D eigenvalue weighted by Crippen LogP contribution is -2.19. The van der Waals surface area contributed by atoms with E-state index in [1.807, 2.05) is 0 Å². The van der Waals surface area contributed by atoms with E-state index in [0.29, 0.717) is 39.0 Å². The number of rotatable bonds is 3. The number of anilines is 2. The standard InChI is InChI=1S/C22H15N3O5S/c1-11-6-7-14(17(10-11)31(28,29)30)23-16-9-8-15-18-19(16)21(26)13-5-3-2-4-12(13)20(18)25-22(27)24-15/h2-10,23H,1H3,(H,24,25,27)(H,28,29,30). The molecule has 3 N–H and O–H groups in total. The van der Waals surface area contributed by atoms with Crippen LogP contribution in [0.2, 0.25) is 0 Å². The third-order valence-electron chi connectivity index (χ3n) is 5.24. The Bertz CT molecular complexity index is 1590. The predicted molar refractivity (Wildman–Crippen MR) is 116 cm³/mol. The summed E-state index contributed by atoms with van der Waals surface area (Å²) in [6.07, 6.45) is 0. The van der Waals surface area contributed by atoms with Gasteiger partial charge in [0, 0.05) is 16.5 Å². The maximum atomic E-state index is 13.4. The molecule has 4 aromatic rings. The molecule has 0 aliphatic heterocycles. The van der Waals surface area contributed by atoms with E-state index >= 15 is 0 Å². The maximum absolute atomic E-state index is 13.4. The van der Waals surface area contributed by atoms with Crippen LogP contribution in [0.3, 0.4) is 0 Å².